The average molecular weight is 333 g/mol. The molecule has 1 aromatic carbocycles. The zero-order valence-corrected chi connectivity index (χ0v) is 14.0. The molecule has 3 aromatic rings. The number of nitrogens with zero attached hydrogens (tertiary/aromatic N) is 1. The van der Waals surface area contributed by atoms with Crippen molar-refractivity contribution in [3.05, 3.63) is 50.7 Å². The smallest absolute Gasteiger partial charge is 0.0957 e. The van der Waals surface area contributed by atoms with Crippen molar-refractivity contribution in [1.82, 2.24) is 4.98 Å². The molecule has 1 aliphatic heterocycles. The summed E-state index contributed by atoms with van der Waals surface area (Å²) in [5.41, 5.74) is 9.03. The van der Waals surface area contributed by atoms with E-state index in [4.69, 9.17) is 10.7 Å². The maximum atomic E-state index is 6.43. The first-order valence-corrected chi connectivity index (χ1v) is 9.87. The quantitative estimate of drug-likeness (QED) is 0.773. The predicted octanol–water partition coefficient (Wildman–Crippen LogP) is 4.39. The van der Waals surface area contributed by atoms with Crippen LogP contribution in [0.25, 0.3) is 10.2 Å². The van der Waals surface area contributed by atoms with Crippen LogP contribution in [0.2, 0.25) is 0 Å². The van der Waals surface area contributed by atoms with E-state index in [0.717, 1.165) is 22.7 Å². The molecule has 0 bridgehead atoms. The second kappa shape index (κ2) is 5.72. The Morgan fingerprint density at radius 3 is 3.00 bits per heavy atom. The molecule has 1 aliphatic rings. The second-order valence-electron chi connectivity index (χ2n) is 5.29. The first-order chi connectivity index (χ1) is 10.3. The van der Waals surface area contributed by atoms with Crippen LogP contribution in [0.15, 0.2) is 30.3 Å². The zero-order valence-electron chi connectivity index (χ0n) is 11.5. The fourth-order valence-corrected chi connectivity index (χ4v) is 6.05. The number of hydrogen-bond acceptors (Lipinski definition) is 5. The third kappa shape index (κ3) is 2.75. The fraction of sp³-hybridized carbons (Fsp3) is 0.312. The minimum atomic E-state index is 0.0752. The Morgan fingerprint density at radius 1 is 1.24 bits per heavy atom. The van der Waals surface area contributed by atoms with Gasteiger partial charge in [-0.25, -0.2) is 4.98 Å². The molecular formula is C16H16N2S3. The number of nitrogens with two attached hydrogens (primary N) is 1. The molecule has 0 fully saturated rings. The van der Waals surface area contributed by atoms with Crippen LogP contribution in [0.3, 0.4) is 0 Å². The van der Waals surface area contributed by atoms with Gasteiger partial charge in [-0.1, -0.05) is 12.1 Å². The number of thiophene rings is 1. The summed E-state index contributed by atoms with van der Waals surface area (Å²) in [6.45, 7) is 0. The van der Waals surface area contributed by atoms with Crippen molar-refractivity contribution in [3.63, 3.8) is 0 Å². The Labute approximate surface area is 136 Å². The van der Waals surface area contributed by atoms with Crippen molar-refractivity contribution in [2.45, 2.75) is 24.6 Å². The molecule has 2 aromatic heterocycles. The van der Waals surface area contributed by atoms with E-state index in [2.05, 4.69) is 24.3 Å². The van der Waals surface area contributed by atoms with Crippen LogP contribution < -0.4 is 5.73 Å². The van der Waals surface area contributed by atoms with Gasteiger partial charge < -0.3 is 5.73 Å². The summed E-state index contributed by atoms with van der Waals surface area (Å²) in [6, 6.07) is 10.7. The van der Waals surface area contributed by atoms with Crippen LogP contribution >= 0.6 is 34.4 Å². The van der Waals surface area contributed by atoms with Crippen molar-refractivity contribution in [1.29, 1.82) is 0 Å². The molecule has 108 valence electrons. The minimum Gasteiger partial charge on any atom is -0.323 e. The molecule has 0 radical (unpaired) electrons. The molecule has 4 rings (SSSR count). The van der Waals surface area contributed by atoms with Crippen molar-refractivity contribution in [3.8, 4) is 0 Å². The van der Waals surface area contributed by atoms with Gasteiger partial charge in [0.25, 0.3) is 0 Å². The standard InChI is InChI=1S/C16H16N2S3/c17-11(15-7-10-9-19-6-5-13(10)20-15)8-16-18-12-3-1-2-4-14(12)21-16/h1-4,7,11H,5-6,8-9,17H2. The Hall–Kier alpha value is -0.880. The molecule has 5 heteroatoms. The maximum Gasteiger partial charge on any atom is 0.0957 e. The summed E-state index contributed by atoms with van der Waals surface area (Å²) in [5.74, 6) is 2.40. The Morgan fingerprint density at radius 2 is 2.14 bits per heavy atom. The summed E-state index contributed by atoms with van der Waals surface area (Å²) in [6.07, 6.45) is 2.05. The van der Waals surface area contributed by atoms with Gasteiger partial charge in [0, 0.05) is 28.0 Å². The molecule has 0 spiro atoms. The lowest BCUT2D eigenvalue weighted by Gasteiger charge is -2.08. The lowest BCUT2D eigenvalue weighted by Crippen LogP contribution is -2.11. The van der Waals surface area contributed by atoms with E-state index in [1.165, 1.54) is 27.3 Å². The molecule has 2 N–H and O–H groups in total. The van der Waals surface area contributed by atoms with Crippen LogP contribution in [0.1, 0.15) is 26.4 Å². The van der Waals surface area contributed by atoms with E-state index >= 15 is 0 Å². The highest BCUT2D eigenvalue weighted by molar-refractivity contribution is 7.98. The number of aromatic nitrogens is 1. The van der Waals surface area contributed by atoms with Gasteiger partial charge in [0.2, 0.25) is 0 Å². The number of para-hydroxylation sites is 1. The topological polar surface area (TPSA) is 38.9 Å². The van der Waals surface area contributed by atoms with Gasteiger partial charge in [-0.05, 0) is 35.9 Å². The van der Waals surface area contributed by atoms with Gasteiger partial charge in [-0.2, -0.15) is 11.8 Å². The van der Waals surface area contributed by atoms with Crippen molar-refractivity contribution in [2.24, 2.45) is 5.73 Å². The SMILES string of the molecule is NC(Cc1nc2ccccc2s1)c1cc2c(s1)CCSC2. The monoisotopic (exact) mass is 332 g/mol. The maximum absolute atomic E-state index is 6.43. The molecule has 0 saturated heterocycles. The minimum absolute atomic E-state index is 0.0752. The third-order valence-corrected chi connectivity index (χ3v) is 7.18. The number of benzene rings is 1. The largest absolute Gasteiger partial charge is 0.323 e. The Balaban J connectivity index is 1.57. The summed E-state index contributed by atoms with van der Waals surface area (Å²) in [7, 11) is 0. The summed E-state index contributed by atoms with van der Waals surface area (Å²) in [5, 5.41) is 1.14. The average Bonchev–Trinajstić information content (AvgIpc) is 3.10. The molecule has 0 amide bonds. The van der Waals surface area contributed by atoms with E-state index in [1.807, 2.05) is 29.2 Å². The van der Waals surface area contributed by atoms with Crippen LogP contribution in [-0.2, 0) is 18.6 Å². The predicted molar refractivity (Wildman–Crippen MR) is 94.4 cm³/mol. The van der Waals surface area contributed by atoms with Crippen molar-refractivity contribution < 1.29 is 0 Å². The van der Waals surface area contributed by atoms with Crippen LogP contribution in [0.5, 0.6) is 0 Å². The number of hydrogen-bond donors (Lipinski definition) is 1. The van der Waals surface area contributed by atoms with E-state index in [-0.39, 0.29) is 6.04 Å². The van der Waals surface area contributed by atoms with Crippen LogP contribution in [-0.4, -0.2) is 10.7 Å². The number of thiazole rings is 1. The Kier molecular flexibility index (Phi) is 3.75. The van der Waals surface area contributed by atoms with Gasteiger partial charge in [0.15, 0.2) is 0 Å². The summed E-state index contributed by atoms with van der Waals surface area (Å²) in [4.78, 5) is 7.57. The van der Waals surface area contributed by atoms with E-state index in [9.17, 15) is 0 Å². The van der Waals surface area contributed by atoms with E-state index in [1.54, 1.807) is 16.2 Å². The van der Waals surface area contributed by atoms with Gasteiger partial charge in [0.05, 0.1) is 15.2 Å². The zero-order chi connectivity index (χ0) is 14.2. The van der Waals surface area contributed by atoms with Gasteiger partial charge in [-0.15, -0.1) is 22.7 Å². The number of fused-ring (bicyclic) bond motifs is 2. The lowest BCUT2D eigenvalue weighted by atomic mass is 10.1. The van der Waals surface area contributed by atoms with Crippen LogP contribution in [0.4, 0.5) is 0 Å². The van der Waals surface area contributed by atoms with E-state index in [0.29, 0.717) is 0 Å². The lowest BCUT2D eigenvalue weighted by molar-refractivity contribution is 0.733. The number of aryl methyl sites for hydroxylation is 1. The van der Waals surface area contributed by atoms with E-state index < -0.39 is 0 Å². The fourth-order valence-electron chi connectivity index (χ4n) is 2.65. The summed E-state index contributed by atoms with van der Waals surface area (Å²) < 4.78 is 1.25. The molecule has 21 heavy (non-hydrogen) atoms. The normalized spacial score (nSPS) is 16.0. The highest BCUT2D eigenvalue weighted by atomic mass is 32.2. The highest BCUT2D eigenvalue weighted by Crippen LogP contribution is 2.35. The van der Waals surface area contributed by atoms with Gasteiger partial charge in [-0.3, -0.25) is 0 Å². The Bertz CT molecular complexity index is 718. The molecule has 0 aliphatic carbocycles. The molecule has 3 heterocycles. The number of thioether (sulfide) groups is 1. The molecule has 2 nitrogen and oxygen atoms in total. The van der Waals surface area contributed by atoms with Gasteiger partial charge >= 0.3 is 0 Å². The molecule has 0 saturated carbocycles. The molecular weight excluding hydrogens is 316 g/mol. The van der Waals surface area contributed by atoms with Crippen LogP contribution in [0, 0.1) is 0 Å². The molecule has 1 unspecified atom stereocenters. The first kappa shape index (κ1) is 13.8. The van der Waals surface area contributed by atoms with Crippen molar-refractivity contribution >= 4 is 44.7 Å². The first-order valence-electron chi connectivity index (χ1n) is 7.09. The second-order valence-corrected chi connectivity index (χ2v) is 8.67. The number of rotatable bonds is 3. The summed E-state index contributed by atoms with van der Waals surface area (Å²) >= 11 is 5.70. The van der Waals surface area contributed by atoms with Gasteiger partial charge in [0.1, 0.15) is 0 Å². The third-order valence-electron chi connectivity index (χ3n) is 3.74. The van der Waals surface area contributed by atoms with Crippen molar-refractivity contribution in [2.75, 3.05) is 5.75 Å². The highest BCUT2D eigenvalue weighted by Gasteiger charge is 2.18. The molecule has 1 atom stereocenters.